The number of nitrogens with zero attached hydrogens (tertiary/aromatic N) is 1. The van der Waals surface area contributed by atoms with Gasteiger partial charge in [-0.1, -0.05) is 6.92 Å². The van der Waals surface area contributed by atoms with Crippen LogP contribution in [0.3, 0.4) is 0 Å². The van der Waals surface area contributed by atoms with Gasteiger partial charge in [0.2, 0.25) is 0 Å². The Bertz CT molecular complexity index is 499. The molecule has 1 aliphatic heterocycles. The summed E-state index contributed by atoms with van der Waals surface area (Å²) in [5, 5.41) is 5.50. The van der Waals surface area contributed by atoms with Crippen LogP contribution >= 0.6 is 0 Å². The van der Waals surface area contributed by atoms with E-state index in [0.29, 0.717) is 6.54 Å². The van der Waals surface area contributed by atoms with Crippen LogP contribution in [0.25, 0.3) is 0 Å². The van der Waals surface area contributed by atoms with Crippen molar-refractivity contribution < 1.29 is 13.6 Å². The maximum Gasteiger partial charge on any atom is 0.251 e. The van der Waals surface area contributed by atoms with E-state index >= 15 is 0 Å². The molecule has 0 aromatic heterocycles. The number of benzene rings is 1. The number of carbonyl (C=O) groups is 1. The number of halogens is 2. The summed E-state index contributed by atoms with van der Waals surface area (Å²) < 4.78 is 27.8. The highest BCUT2D eigenvalue weighted by molar-refractivity contribution is 5.94. The van der Waals surface area contributed by atoms with Crippen molar-refractivity contribution in [2.45, 2.75) is 25.8 Å². The molecule has 1 heterocycles. The largest absolute Gasteiger partial charge is 0.380 e. The fourth-order valence-corrected chi connectivity index (χ4v) is 2.44. The molecular weight excluding hydrogens is 276 g/mol. The zero-order valence-electron chi connectivity index (χ0n) is 12.4. The van der Waals surface area contributed by atoms with Gasteiger partial charge >= 0.3 is 0 Å². The summed E-state index contributed by atoms with van der Waals surface area (Å²) in [6, 6.07) is 2.19. The summed E-state index contributed by atoms with van der Waals surface area (Å²) in [5.74, 6) is -1.91. The van der Waals surface area contributed by atoms with Crippen molar-refractivity contribution in [2.75, 3.05) is 32.0 Å². The van der Waals surface area contributed by atoms with Crippen molar-refractivity contribution in [3.05, 3.63) is 29.3 Å². The summed E-state index contributed by atoms with van der Waals surface area (Å²) in [4.78, 5) is 14.2. The second-order valence-corrected chi connectivity index (χ2v) is 5.46. The van der Waals surface area contributed by atoms with Crippen molar-refractivity contribution in [3.63, 3.8) is 0 Å². The lowest BCUT2D eigenvalue weighted by Gasteiger charge is -2.14. The first-order valence-electron chi connectivity index (χ1n) is 7.23. The second kappa shape index (κ2) is 6.85. The minimum Gasteiger partial charge on any atom is -0.380 e. The van der Waals surface area contributed by atoms with E-state index in [0.717, 1.165) is 38.1 Å². The van der Waals surface area contributed by atoms with E-state index in [1.165, 1.54) is 0 Å². The van der Waals surface area contributed by atoms with Crippen LogP contribution in [0.4, 0.5) is 14.5 Å². The Morgan fingerprint density at radius 2 is 2.05 bits per heavy atom. The minimum absolute atomic E-state index is 0.0154. The Morgan fingerprint density at radius 3 is 2.57 bits per heavy atom. The number of rotatable bonds is 5. The molecule has 0 spiro atoms. The number of nitrogens with one attached hydrogen (secondary N) is 2. The van der Waals surface area contributed by atoms with E-state index in [1.54, 1.807) is 0 Å². The summed E-state index contributed by atoms with van der Waals surface area (Å²) in [6.45, 7) is 4.05. The highest BCUT2D eigenvalue weighted by atomic mass is 19.1. The zero-order chi connectivity index (χ0) is 15.4. The standard InChI is InChI=1S/C15H21F2N3O/c1-3-5-18-14-12(16)7-10(8-13(14)17)15(21)19-11-4-6-20(2)9-11/h7-8,11,18H,3-6,9H2,1-2H3,(H,19,21). The Morgan fingerprint density at radius 1 is 1.38 bits per heavy atom. The molecule has 1 atom stereocenters. The van der Waals surface area contributed by atoms with Gasteiger partial charge in [0.1, 0.15) is 17.3 Å². The van der Waals surface area contributed by atoms with E-state index in [1.807, 2.05) is 14.0 Å². The summed E-state index contributed by atoms with van der Waals surface area (Å²) in [5.41, 5.74) is -0.157. The van der Waals surface area contributed by atoms with Crippen LogP contribution in [0, 0.1) is 11.6 Å². The predicted molar refractivity (Wildman–Crippen MR) is 78.5 cm³/mol. The number of carbonyl (C=O) groups excluding carboxylic acids is 1. The van der Waals surface area contributed by atoms with Crippen molar-refractivity contribution in [3.8, 4) is 0 Å². The molecule has 1 unspecified atom stereocenters. The molecule has 0 radical (unpaired) electrons. The van der Waals surface area contributed by atoms with Gasteiger partial charge in [0.15, 0.2) is 0 Å². The van der Waals surface area contributed by atoms with Crippen molar-refractivity contribution in [1.82, 2.24) is 10.2 Å². The maximum atomic E-state index is 13.9. The van der Waals surface area contributed by atoms with Gasteiger partial charge in [-0.2, -0.15) is 0 Å². The van der Waals surface area contributed by atoms with Crippen molar-refractivity contribution >= 4 is 11.6 Å². The molecule has 1 saturated heterocycles. The molecule has 1 aliphatic rings. The summed E-state index contributed by atoms with van der Waals surface area (Å²) in [6.07, 6.45) is 1.61. The number of amides is 1. The van der Waals surface area contributed by atoms with Crippen LogP contribution in [0.2, 0.25) is 0 Å². The third-order valence-corrected chi connectivity index (χ3v) is 3.58. The SMILES string of the molecule is CCCNc1c(F)cc(C(=O)NC2CCN(C)C2)cc1F. The van der Waals surface area contributed by atoms with Crippen LogP contribution in [0.5, 0.6) is 0 Å². The molecule has 0 bridgehead atoms. The zero-order valence-corrected chi connectivity index (χ0v) is 12.4. The van der Waals surface area contributed by atoms with E-state index in [4.69, 9.17) is 0 Å². The third kappa shape index (κ3) is 3.91. The van der Waals surface area contributed by atoms with Gasteiger partial charge in [-0.3, -0.25) is 4.79 Å². The van der Waals surface area contributed by atoms with Crippen LogP contribution in [-0.2, 0) is 0 Å². The molecule has 2 rings (SSSR count). The lowest BCUT2D eigenvalue weighted by Crippen LogP contribution is -2.36. The Balaban J connectivity index is 2.07. The van der Waals surface area contributed by atoms with Gasteiger partial charge in [0, 0.05) is 24.7 Å². The average molecular weight is 297 g/mol. The molecule has 0 saturated carbocycles. The predicted octanol–water partition coefficient (Wildman–Crippen LogP) is 2.22. The highest BCUT2D eigenvalue weighted by Crippen LogP contribution is 2.21. The van der Waals surface area contributed by atoms with Gasteiger partial charge < -0.3 is 15.5 Å². The molecule has 1 amide bonds. The van der Waals surface area contributed by atoms with E-state index in [9.17, 15) is 13.6 Å². The molecule has 1 aromatic rings. The normalized spacial score (nSPS) is 18.8. The first kappa shape index (κ1) is 15.7. The fourth-order valence-electron chi connectivity index (χ4n) is 2.44. The van der Waals surface area contributed by atoms with Crippen LogP contribution < -0.4 is 10.6 Å². The molecule has 116 valence electrons. The molecule has 2 N–H and O–H groups in total. The van der Waals surface area contributed by atoms with Crippen molar-refractivity contribution in [2.24, 2.45) is 0 Å². The summed E-state index contributed by atoms with van der Waals surface area (Å²) >= 11 is 0. The lowest BCUT2D eigenvalue weighted by atomic mass is 10.1. The maximum absolute atomic E-state index is 13.9. The first-order valence-corrected chi connectivity index (χ1v) is 7.23. The number of likely N-dealkylation sites (tertiary alicyclic amines) is 1. The smallest absolute Gasteiger partial charge is 0.251 e. The number of hydrogen-bond acceptors (Lipinski definition) is 3. The Hall–Kier alpha value is -1.69. The highest BCUT2D eigenvalue weighted by Gasteiger charge is 2.22. The van der Waals surface area contributed by atoms with E-state index in [2.05, 4.69) is 15.5 Å². The van der Waals surface area contributed by atoms with Gasteiger partial charge in [-0.05, 0) is 38.6 Å². The van der Waals surface area contributed by atoms with E-state index in [-0.39, 0.29) is 17.3 Å². The van der Waals surface area contributed by atoms with Gasteiger partial charge in [0.25, 0.3) is 5.91 Å². The molecule has 6 heteroatoms. The van der Waals surface area contributed by atoms with Gasteiger partial charge in [-0.25, -0.2) is 8.78 Å². The van der Waals surface area contributed by atoms with Gasteiger partial charge in [-0.15, -0.1) is 0 Å². The Labute approximate surface area is 123 Å². The van der Waals surface area contributed by atoms with Gasteiger partial charge in [0.05, 0.1) is 0 Å². The number of likely N-dealkylation sites (N-methyl/N-ethyl adjacent to an activating group) is 1. The second-order valence-electron chi connectivity index (χ2n) is 5.46. The molecule has 4 nitrogen and oxygen atoms in total. The first-order chi connectivity index (χ1) is 10.0. The molecule has 0 aliphatic carbocycles. The van der Waals surface area contributed by atoms with Crippen molar-refractivity contribution in [1.29, 1.82) is 0 Å². The Kier molecular flexibility index (Phi) is 5.12. The molecule has 1 aromatic carbocycles. The molecule has 1 fully saturated rings. The number of hydrogen-bond donors (Lipinski definition) is 2. The summed E-state index contributed by atoms with van der Waals surface area (Å²) in [7, 11) is 1.97. The fraction of sp³-hybridized carbons (Fsp3) is 0.533. The molecular formula is C15H21F2N3O. The third-order valence-electron chi connectivity index (χ3n) is 3.58. The van der Waals surface area contributed by atoms with Crippen LogP contribution in [0.15, 0.2) is 12.1 Å². The quantitative estimate of drug-likeness (QED) is 0.876. The topological polar surface area (TPSA) is 44.4 Å². The van der Waals surface area contributed by atoms with E-state index < -0.39 is 17.5 Å². The molecule has 21 heavy (non-hydrogen) atoms. The number of anilines is 1. The van der Waals surface area contributed by atoms with Crippen LogP contribution in [0.1, 0.15) is 30.1 Å². The van der Waals surface area contributed by atoms with Crippen LogP contribution in [-0.4, -0.2) is 43.5 Å². The average Bonchev–Trinajstić information content (AvgIpc) is 2.83. The minimum atomic E-state index is -0.739. The monoisotopic (exact) mass is 297 g/mol. The lowest BCUT2D eigenvalue weighted by molar-refractivity contribution is 0.0937.